The van der Waals surface area contributed by atoms with E-state index >= 15 is 0 Å². The van der Waals surface area contributed by atoms with Gasteiger partial charge in [-0.15, -0.1) is 0 Å². The molecule has 0 bridgehead atoms. The van der Waals surface area contributed by atoms with Crippen LogP contribution < -0.4 is 0 Å². The Morgan fingerprint density at radius 1 is 0.265 bits per heavy atom. The average Bonchev–Trinajstić information content (AvgIpc) is 2.79. The molecular weight excluding hydrogens is 825 g/mol. The second-order valence-corrected chi connectivity index (χ2v) is 10.1. The molecule has 0 heterocycles. The van der Waals surface area contributed by atoms with Crippen LogP contribution in [0, 0.1) is 5.41 Å². The Morgan fingerprint density at radius 2 is 0.408 bits per heavy atom. The molecular formula is C17H5F31S. The fourth-order valence-corrected chi connectivity index (χ4v) is 3.46. The lowest BCUT2D eigenvalue weighted by Crippen LogP contribution is -2.81. The Morgan fingerprint density at radius 3 is 0.551 bits per heavy atom. The predicted molar refractivity (Wildman–Crippen MR) is 93.5 cm³/mol. The van der Waals surface area contributed by atoms with E-state index in [0.717, 1.165) is 0 Å². The highest BCUT2D eigenvalue weighted by molar-refractivity contribution is 7.81. The first kappa shape index (κ1) is 47.2. The molecule has 0 N–H and O–H groups in total. The summed E-state index contributed by atoms with van der Waals surface area (Å²) in [6.07, 6.45) is -27.8. The number of alkyl halides is 31. The third-order valence-electron chi connectivity index (χ3n) is 6.24. The molecule has 0 amide bonds. The quantitative estimate of drug-likeness (QED) is 0.147. The molecule has 49 heavy (non-hydrogen) atoms. The Labute approximate surface area is 251 Å². The molecule has 0 aromatic heterocycles. The van der Waals surface area contributed by atoms with E-state index in [1.165, 1.54) is 0 Å². The smallest absolute Gasteiger partial charge is 0.198 e. The first-order chi connectivity index (χ1) is 20.4. The molecule has 0 aliphatic carbocycles. The minimum atomic E-state index is -10.2. The van der Waals surface area contributed by atoms with E-state index in [0.29, 0.717) is 0 Å². The van der Waals surface area contributed by atoms with Crippen LogP contribution >= 0.6 is 12.6 Å². The number of rotatable bonds is 12. The van der Waals surface area contributed by atoms with E-state index in [-0.39, 0.29) is 0 Å². The zero-order valence-corrected chi connectivity index (χ0v) is 22.1. The summed E-state index contributed by atoms with van der Waals surface area (Å²) >= 11 is 2.28. The van der Waals surface area contributed by atoms with Crippen molar-refractivity contribution >= 4 is 12.6 Å². The van der Waals surface area contributed by atoms with Crippen LogP contribution in [-0.2, 0) is 0 Å². The molecule has 0 nitrogen and oxygen atoms in total. The predicted octanol–water partition coefficient (Wildman–Crippen LogP) is 11.0. The molecule has 1 unspecified atom stereocenters. The summed E-state index contributed by atoms with van der Waals surface area (Å²) in [7, 11) is 0. The fourth-order valence-electron chi connectivity index (χ4n) is 3.30. The van der Waals surface area contributed by atoms with Gasteiger partial charge in [0.1, 0.15) is 0 Å². The van der Waals surface area contributed by atoms with Gasteiger partial charge in [0.05, 0.1) is 5.25 Å². The van der Waals surface area contributed by atoms with E-state index in [9.17, 15) is 136 Å². The molecule has 0 aromatic rings. The van der Waals surface area contributed by atoms with Gasteiger partial charge in [-0.2, -0.15) is 149 Å². The van der Waals surface area contributed by atoms with Crippen LogP contribution in [0.4, 0.5) is 136 Å². The van der Waals surface area contributed by atoms with Gasteiger partial charge in [-0.25, -0.2) is 0 Å². The Hall–Kier alpha value is -1.82. The highest BCUT2D eigenvalue weighted by Crippen LogP contribution is 2.73. The molecule has 0 aliphatic heterocycles. The van der Waals surface area contributed by atoms with Gasteiger partial charge in [0.2, 0.25) is 0 Å². The van der Waals surface area contributed by atoms with Crippen molar-refractivity contribution in [1.82, 2.24) is 0 Å². The zero-order chi connectivity index (χ0) is 41.1. The molecule has 0 aromatic carbocycles. The van der Waals surface area contributed by atoms with Crippen molar-refractivity contribution in [1.29, 1.82) is 0 Å². The summed E-state index contributed by atoms with van der Waals surface area (Å²) in [5.74, 6) is -105. The molecule has 296 valence electrons. The SMILES string of the molecule is CC(S)C(F)(F)C(F)(F)C(F)(F)C(F)(F)C(F)(F)C(F)(F)C(F)(F)C(F)(F)C(F)(F)C(F)(F)C(F)(F)C(C(F)(F)F)(C(F)(F)F)C(F)(F)F. The van der Waals surface area contributed by atoms with Crippen LogP contribution in [-0.4, -0.2) is 88.9 Å². The maximum absolute atomic E-state index is 13.9. The maximum atomic E-state index is 13.9. The Kier molecular flexibility index (Phi) is 10.9. The molecule has 0 aliphatic rings. The average molecular weight is 830 g/mol. The van der Waals surface area contributed by atoms with Crippen molar-refractivity contribution in [3.63, 3.8) is 0 Å². The molecule has 32 heteroatoms. The van der Waals surface area contributed by atoms with Crippen LogP contribution in [0.25, 0.3) is 0 Å². The summed E-state index contributed by atoms with van der Waals surface area (Å²) in [5.41, 5.74) is -9.85. The van der Waals surface area contributed by atoms with Gasteiger partial charge >= 0.3 is 89.1 Å². The number of thiol groups is 1. The minimum Gasteiger partial charge on any atom is -0.198 e. The van der Waals surface area contributed by atoms with Crippen molar-refractivity contribution in [3.05, 3.63) is 0 Å². The Balaban J connectivity index is 7.98. The normalized spacial score (nSPS) is 17.8. The van der Waals surface area contributed by atoms with Crippen LogP contribution in [0.1, 0.15) is 6.92 Å². The fraction of sp³-hybridized carbons (Fsp3) is 1.00. The van der Waals surface area contributed by atoms with Crippen molar-refractivity contribution < 1.29 is 136 Å². The third-order valence-corrected chi connectivity index (χ3v) is 6.56. The van der Waals surface area contributed by atoms with Crippen molar-refractivity contribution in [2.24, 2.45) is 5.41 Å². The lowest BCUT2D eigenvalue weighted by molar-refractivity contribution is -0.521. The van der Waals surface area contributed by atoms with E-state index in [4.69, 9.17) is 0 Å². The van der Waals surface area contributed by atoms with Crippen molar-refractivity contribution in [2.75, 3.05) is 0 Å². The summed E-state index contributed by atoms with van der Waals surface area (Å²) in [6, 6.07) is 0. The Bertz CT molecular complexity index is 1160. The number of hydrogen-bond acceptors (Lipinski definition) is 1. The highest BCUT2D eigenvalue weighted by Gasteiger charge is 3.04. The second kappa shape index (κ2) is 11.3. The van der Waals surface area contributed by atoms with Crippen LogP contribution in [0.5, 0.6) is 0 Å². The first-order valence-corrected chi connectivity index (χ1v) is 11.0. The minimum absolute atomic E-state index is 0.504. The second-order valence-electron chi connectivity index (χ2n) is 9.29. The molecule has 1 atom stereocenters. The van der Waals surface area contributed by atoms with Gasteiger partial charge in [-0.05, 0) is 6.92 Å². The molecule has 0 saturated carbocycles. The number of hydrogen-bond donors (Lipinski definition) is 1. The molecule has 0 radical (unpaired) electrons. The van der Waals surface area contributed by atoms with Gasteiger partial charge in [-0.1, -0.05) is 0 Å². The summed E-state index contributed by atoms with van der Waals surface area (Å²) < 4.78 is 418. The molecule has 0 saturated heterocycles. The van der Waals surface area contributed by atoms with Gasteiger partial charge in [0.15, 0.2) is 0 Å². The summed E-state index contributed by atoms with van der Waals surface area (Å²) in [6.45, 7) is -0.504. The van der Waals surface area contributed by atoms with Gasteiger partial charge in [-0.3, -0.25) is 0 Å². The maximum Gasteiger partial charge on any atom is 0.418 e. The van der Waals surface area contributed by atoms with Gasteiger partial charge in [0.25, 0.3) is 0 Å². The molecule has 0 spiro atoms. The van der Waals surface area contributed by atoms with Crippen LogP contribution in [0.2, 0.25) is 0 Å². The van der Waals surface area contributed by atoms with Crippen molar-refractivity contribution in [3.8, 4) is 0 Å². The summed E-state index contributed by atoms with van der Waals surface area (Å²) in [5, 5.41) is -3.80. The standard InChI is InChI=1S/C17H5F31S/c1-2(49)3(18,19)5(20,21)7(24,25)9(28,29)11(32,33)13(36,37)14(38,39)12(34,35)10(30,31)8(26,27)6(22,23)4(15(40,41)42,16(43,44)45)17(46,47)48/h2,49H,1H3. The van der Waals surface area contributed by atoms with Gasteiger partial charge in [0, 0.05) is 0 Å². The van der Waals surface area contributed by atoms with E-state index < -0.39 is 101 Å². The van der Waals surface area contributed by atoms with E-state index in [2.05, 4.69) is 12.6 Å². The number of halogens is 31. The molecule has 0 fully saturated rings. The lowest BCUT2D eigenvalue weighted by Gasteiger charge is -2.49. The van der Waals surface area contributed by atoms with E-state index in [1.54, 1.807) is 0 Å². The topological polar surface area (TPSA) is 0 Å². The largest absolute Gasteiger partial charge is 0.418 e. The van der Waals surface area contributed by atoms with Crippen LogP contribution in [0.15, 0.2) is 0 Å². The lowest BCUT2D eigenvalue weighted by atomic mass is 9.72. The van der Waals surface area contributed by atoms with Crippen LogP contribution in [0.3, 0.4) is 0 Å². The zero-order valence-electron chi connectivity index (χ0n) is 21.2. The third kappa shape index (κ3) is 5.32. The molecule has 0 rings (SSSR count). The van der Waals surface area contributed by atoms with Gasteiger partial charge < -0.3 is 0 Å². The van der Waals surface area contributed by atoms with E-state index in [1.807, 2.05) is 0 Å². The summed E-state index contributed by atoms with van der Waals surface area (Å²) in [4.78, 5) is 0. The highest BCUT2D eigenvalue weighted by atomic mass is 32.1. The first-order valence-electron chi connectivity index (χ1n) is 10.5. The monoisotopic (exact) mass is 830 g/mol. The van der Waals surface area contributed by atoms with Crippen molar-refractivity contribution in [2.45, 2.75) is 95.9 Å².